The van der Waals surface area contributed by atoms with Crippen molar-refractivity contribution in [3.8, 4) is 22.6 Å². The van der Waals surface area contributed by atoms with Crippen LogP contribution < -0.4 is 4.74 Å². The number of ether oxygens (including phenoxy) is 1. The molecule has 6 heteroatoms. The molecule has 0 aromatic heterocycles. The van der Waals surface area contributed by atoms with Crippen molar-refractivity contribution in [2.75, 3.05) is 0 Å². The Balaban J connectivity index is 2.45. The van der Waals surface area contributed by atoms with E-state index in [2.05, 4.69) is 4.74 Å². The highest BCUT2D eigenvalue weighted by Gasteiger charge is 2.31. The van der Waals surface area contributed by atoms with Crippen LogP contribution in [0.5, 0.6) is 11.5 Å². The Morgan fingerprint density at radius 2 is 1.74 bits per heavy atom. The topological polar surface area (TPSA) is 29.5 Å². The summed E-state index contributed by atoms with van der Waals surface area (Å²) >= 11 is 5.95. The summed E-state index contributed by atoms with van der Waals surface area (Å²) in [5.41, 5.74) is 0.844. The Bertz CT molecular complexity index is 597. The maximum absolute atomic E-state index is 12.2. The smallest absolute Gasteiger partial charge is 0.508 e. The molecule has 0 saturated carbocycles. The Morgan fingerprint density at radius 3 is 2.37 bits per heavy atom. The molecule has 0 fully saturated rings. The van der Waals surface area contributed by atoms with E-state index in [-0.39, 0.29) is 5.75 Å². The molecule has 0 atom stereocenters. The standard InChI is InChI=1S/C13H8ClF3O2/c14-12-4-2-1-3-11(12)8-5-9(18)7-10(6-8)19-13(15,16)17/h1-7,18H. The average molecular weight is 289 g/mol. The van der Waals surface area contributed by atoms with Crippen LogP contribution in [0, 0.1) is 0 Å². The zero-order valence-corrected chi connectivity index (χ0v) is 10.2. The molecule has 2 aromatic rings. The summed E-state index contributed by atoms with van der Waals surface area (Å²) in [6, 6.07) is 9.98. The van der Waals surface area contributed by atoms with Crippen LogP contribution in [0.3, 0.4) is 0 Å². The van der Waals surface area contributed by atoms with E-state index < -0.39 is 12.1 Å². The van der Waals surface area contributed by atoms with Crippen molar-refractivity contribution in [3.05, 3.63) is 47.5 Å². The first-order chi connectivity index (χ1) is 8.85. The summed E-state index contributed by atoms with van der Waals surface area (Å²) in [5.74, 6) is -0.834. The van der Waals surface area contributed by atoms with Gasteiger partial charge in [-0.25, -0.2) is 0 Å². The van der Waals surface area contributed by atoms with Gasteiger partial charge in [0, 0.05) is 16.7 Å². The van der Waals surface area contributed by atoms with Gasteiger partial charge in [0.25, 0.3) is 0 Å². The van der Waals surface area contributed by atoms with Gasteiger partial charge in [-0.05, 0) is 23.8 Å². The van der Waals surface area contributed by atoms with Crippen molar-refractivity contribution in [1.82, 2.24) is 0 Å². The fourth-order valence-corrected chi connectivity index (χ4v) is 1.87. The quantitative estimate of drug-likeness (QED) is 0.874. The molecule has 19 heavy (non-hydrogen) atoms. The molecular weight excluding hydrogens is 281 g/mol. The summed E-state index contributed by atoms with van der Waals surface area (Å²) in [4.78, 5) is 0. The third-order valence-corrected chi connectivity index (χ3v) is 2.64. The highest BCUT2D eigenvalue weighted by atomic mass is 35.5. The minimum atomic E-state index is -4.81. The van der Waals surface area contributed by atoms with E-state index in [0.717, 1.165) is 12.1 Å². The van der Waals surface area contributed by atoms with Crippen molar-refractivity contribution in [1.29, 1.82) is 0 Å². The Hall–Kier alpha value is -1.88. The van der Waals surface area contributed by atoms with Crippen molar-refractivity contribution >= 4 is 11.6 Å². The summed E-state index contributed by atoms with van der Waals surface area (Å²) < 4.78 is 40.3. The van der Waals surface area contributed by atoms with Gasteiger partial charge in [-0.1, -0.05) is 29.8 Å². The fourth-order valence-electron chi connectivity index (χ4n) is 1.63. The molecule has 1 N–H and O–H groups in total. The first-order valence-electron chi connectivity index (χ1n) is 5.20. The molecular formula is C13H8ClF3O2. The van der Waals surface area contributed by atoms with Gasteiger partial charge in [-0.2, -0.15) is 0 Å². The van der Waals surface area contributed by atoms with Gasteiger partial charge < -0.3 is 9.84 Å². The summed E-state index contributed by atoms with van der Waals surface area (Å²) in [5, 5.41) is 9.82. The van der Waals surface area contributed by atoms with Crippen molar-refractivity contribution in [2.45, 2.75) is 6.36 Å². The predicted octanol–water partition coefficient (Wildman–Crippen LogP) is 4.61. The van der Waals surface area contributed by atoms with Crippen LogP contribution in [-0.2, 0) is 0 Å². The van der Waals surface area contributed by atoms with Gasteiger partial charge >= 0.3 is 6.36 Å². The van der Waals surface area contributed by atoms with Crippen molar-refractivity contribution in [2.24, 2.45) is 0 Å². The van der Waals surface area contributed by atoms with Crippen molar-refractivity contribution in [3.63, 3.8) is 0 Å². The zero-order chi connectivity index (χ0) is 14.0. The van der Waals surface area contributed by atoms with E-state index in [1.165, 1.54) is 6.07 Å². The molecule has 0 aliphatic heterocycles. The first kappa shape index (κ1) is 13.5. The second-order valence-electron chi connectivity index (χ2n) is 3.74. The number of hydrogen-bond acceptors (Lipinski definition) is 2. The summed E-state index contributed by atoms with van der Waals surface area (Å²) in [7, 11) is 0. The number of phenolic OH excluding ortho intramolecular Hbond substituents is 1. The molecule has 0 amide bonds. The maximum Gasteiger partial charge on any atom is 0.573 e. The maximum atomic E-state index is 12.2. The van der Waals surface area contributed by atoms with Crippen LogP contribution in [-0.4, -0.2) is 11.5 Å². The monoisotopic (exact) mass is 288 g/mol. The molecule has 0 unspecified atom stereocenters. The lowest BCUT2D eigenvalue weighted by Gasteiger charge is -2.11. The highest BCUT2D eigenvalue weighted by Crippen LogP contribution is 2.35. The average Bonchev–Trinajstić information content (AvgIpc) is 2.26. The normalized spacial score (nSPS) is 11.4. The van der Waals surface area contributed by atoms with Crippen LogP contribution in [0.2, 0.25) is 5.02 Å². The molecule has 0 bridgehead atoms. The van der Waals surface area contributed by atoms with E-state index in [9.17, 15) is 18.3 Å². The van der Waals surface area contributed by atoms with Gasteiger partial charge in [0.1, 0.15) is 11.5 Å². The second-order valence-corrected chi connectivity index (χ2v) is 4.15. The zero-order valence-electron chi connectivity index (χ0n) is 9.41. The minimum Gasteiger partial charge on any atom is -0.508 e. The Labute approximate surface area is 112 Å². The van der Waals surface area contributed by atoms with E-state index in [0.29, 0.717) is 16.1 Å². The molecule has 2 rings (SSSR count). The van der Waals surface area contributed by atoms with Crippen LogP contribution >= 0.6 is 11.6 Å². The van der Waals surface area contributed by atoms with Crippen LogP contribution in [0.15, 0.2) is 42.5 Å². The third kappa shape index (κ3) is 3.54. The second kappa shape index (κ2) is 5.01. The van der Waals surface area contributed by atoms with E-state index in [1.807, 2.05) is 0 Å². The predicted molar refractivity (Wildman–Crippen MR) is 65.2 cm³/mol. The summed E-state index contributed by atoms with van der Waals surface area (Å²) in [6.07, 6.45) is -4.81. The van der Waals surface area contributed by atoms with Gasteiger partial charge in [0.05, 0.1) is 0 Å². The van der Waals surface area contributed by atoms with Crippen molar-refractivity contribution < 1.29 is 23.0 Å². The lowest BCUT2D eigenvalue weighted by atomic mass is 10.1. The van der Waals surface area contributed by atoms with Crippen LogP contribution in [0.4, 0.5) is 13.2 Å². The molecule has 2 aromatic carbocycles. The minimum absolute atomic E-state index is 0.336. The molecule has 0 radical (unpaired) electrons. The van der Waals surface area contributed by atoms with E-state index in [4.69, 9.17) is 11.6 Å². The molecule has 100 valence electrons. The molecule has 0 saturated heterocycles. The SMILES string of the molecule is Oc1cc(OC(F)(F)F)cc(-c2ccccc2Cl)c1. The molecule has 0 aliphatic rings. The summed E-state index contributed by atoms with van der Waals surface area (Å²) in [6.45, 7) is 0. The number of phenols is 1. The first-order valence-corrected chi connectivity index (χ1v) is 5.58. The van der Waals surface area contributed by atoms with Gasteiger partial charge in [-0.3, -0.25) is 0 Å². The molecule has 0 aliphatic carbocycles. The van der Waals surface area contributed by atoms with Gasteiger partial charge in [0.15, 0.2) is 0 Å². The van der Waals surface area contributed by atoms with Gasteiger partial charge in [-0.15, -0.1) is 13.2 Å². The Kier molecular flexibility index (Phi) is 3.57. The highest BCUT2D eigenvalue weighted by molar-refractivity contribution is 6.33. The lowest BCUT2D eigenvalue weighted by Crippen LogP contribution is -2.17. The fraction of sp³-hybridized carbons (Fsp3) is 0.0769. The molecule has 0 spiro atoms. The van der Waals surface area contributed by atoms with Gasteiger partial charge in [0.2, 0.25) is 0 Å². The molecule has 0 heterocycles. The van der Waals surface area contributed by atoms with Crippen LogP contribution in [0.25, 0.3) is 11.1 Å². The largest absolute Gasteiger partial charge is 0.573 e. The van der Waals surface area contributed by atoms with E-state index >= 15 is 0 Å². The lowest BCUT2D eigenvalue weighted by molar-refractivity contribution is -0.274. The molecule has 2 nitrogen and oxygen atoms in total. The van der Waals surface area contributed by atoms with E-state index in [1.54, 1.807) is 24.3 Å². The van der Waals surface area contributed by atoms with Crippen LogP contribution in [0.1, 0.15) is 0 Å². The number of hydrogen-bond donors (Lipinski definition) is 1. The third-order valence-electron chi connectivity index (χ3n) is 2.31. The number of aromatic hydroxyl groups is 1. The number of benzene rings is 2. The number of rotatable bonds is 2. The Morgan fingerprint density at radius 1 is 1.05 bits per heavy atom. The number of alkyl halides is 3. The number of halogens is 4.